The minimum atomic E-state index is 0. The van der Waals surface area contributed by atoms with Crippen molar-refractivity contribution in [3.05, 3.63) is 146 Å². The fourth-order valence-corrected chi connectivity index (χ4v) is 6.38. The molecule has 8 rings (SSSR count). The Morgan fingerprint density at radius 1 is 0.340 bits per heavy atom. The van der Waals surface area contributed by atoms with Gasteiger partial charge in [0.25, 0.3) is 0 Å². The molecule has 0 aliphatic carbocycles. The molecule has 0 fully saturated rings. The second-order valence-electron chi connectivity index (χ2n) is 11.0. The number of benzene rings is 8. The molecule has 8 aromatic rings. The van der Waals surface area contributed by atoms with Crippen molar-refractivity contribution in [2.45, 2.75) is 0 Å². The van der Waals surface area contributed by atoms with Gasteiger partial charge in [0.15, 0.2) is 0 Å². The largest absolute Gasteiger partial charge is 2.00 e. The van der Waals surface area contributed by atoms with E-state index in [1.807, 2.05) is 133 Å². The van der Waals surface area contributed by atoms with Gasteiger partial charge in [0, 0.05) is 11.1 Å². The van der Waals surface area contributed by atoms with Gasteiger partial charge in [-0.1, -0.05) is 133 Å². The molecule has 0 aromatic heterocycles. The average molecular weight is 736 g/mol. The van der Waals surface area contributed by atoms with Gasteiger partial charge in [0.2, 0.25) is 0 Å². The van der Waals surface area contributed by atoms with E-state index in [4.69, 9.17) is 9.47 Å². The Kier molecular flexibility index (Phi) is 9.78. The van der Waals surface area contributed by atoms with Crippen LogP contribution < -0.4 is 19.7 Å². The van der Waals surface area contributed by atoms with Gasteiger partial charge in [-0.15, -0.1) is 11.5 Å². The standard InChI is InChI=1S/2C21H16O2.Ba/c2*1-23-19-13-11-15-7-3-5-9-17(15)21(19)20-16-8-4-2-6-14(16)10-12-18(20)22;/h2*2-13,22H,1H3;/q;;+2/p-2. The first-order chi connectivity index (χ1) is 22.6. The fraction of sp³-hybridized carbons (Fsp3) is 0.0476. The van der Waals surface area contributed by atoms with Gasteiger partial charge in [-0.3, -0.25) is 0 Å². The Labute approximate surface area is 313 Å². The van der Waals surface area contributed by atoms with E-state index < -0.39 is 0 Å². The predicted molar refractivity (Wildman–Crippen MR) is 192 cm³/mol. The molecule has 5 heteroatoms. The van der Waals surface area contributed by atoms with Crippen molar-refractivity contribution in [2.75, 3.05) is 14.2 Å². The Balaban J connectivity index is 0.000000161. The van der Waals surface area contributed by atoms with Crippen LogP contribution in [0.5, 0.6) is 23.0 Å². The van der Waals surface area contributed by atoms with Gasteiger partial charge in [0.1, 0.15) is 11.5 Å². The number of hydrogen-bond donors (Lipinski definition) is 0. The van der Waals surface area contributed by atoms with Crippen molar-refractivity contribution in [2.24, 2.45) is 0 Å². The van der Waals surface area contributed by atoms with Crippen molar-refractivity contribution in [1.29, 1.82) is 0 Å². The summed E-state index contributed by atoms with van der Waals surface area (Å²) in [5.74, 6) is 1.46. The van der Waals surface area contributed by atoms with E-state index in [-0.39, 0.29) is 60.4 Å². The summed E-state index contributed by atoms with van der Waals surface area (Å²) in [4.78, 5) is 0. The van der Waals surface area contributed by atoms with Crippen molar-refractivity contribution in [3.63, 3.8) is 0 Å². The molecule has 0 N–H and O–H groups in total. The minimum absolute atomic E-state index is 0. The molecule has 224 valence electrons. The maximum Gasteiger partial charge on any atom is 2.00 e. The third kappa shape index (κ3) is 6.07. The quantitative estimate of drug-likeness (QED) is 0.169. The number of fused-ring (bicyclic) bond motifs is 4. The molecular weight excluding hydrogens is 706 g/mol. The zero-order valence-corrected chi connectivity index (χ0v) is 30.6. The molecule has 0 heterocycles. The maximum atomic E-state index is 12.7. The van der Waals surface area contributed by atoms with E-state index in [0.717, 1.165) is 65.7 Å². The van der Waals surface area contributed by atoms with Gasteiger partial charge in [-0.05, 0) is 66.3 Å². The molecule has 0 spiro atoms. The number of ether oxygens (including phenoxy) is 2. The maximum absolute atomic E-state index is 12.7. The monoisotopic (exact) mass is 736 g/mol. The second kappa shape index (κ2) is 14.1. The molecule has 0 amide bonds. The SMILES string of the molecule is COc1ccc2ccccc2c1-c1c([O-])ccc2ccccc12.COc1ccc2ccccc2c1-c1c([O-])ccc2ccccc12.[Ba+2]. The second-order valence-corrected chi connectivity index (χ2v) is 11.0. The van der Waals surface area contributed by atoms with Crippen LogP contribution in [0.1, 0.15) is 0 Å². The third-order valence-corrected chi connectivity index (χ3v) is 8.50. The molecule has 0 saturated carbocycles. The normalized spacial score (nSPS) is 10.8. The van der Waals surface area contributed by atoms with Crippen molar-refractivity contribution in [3.8, 4) is 45.3 Å². The van der Waals surface area contributed by atoms with Gasteiger partial charge in [0.05, 0.1) is 14.2 Å². The molecule has 0 aliphatic rings. The predicted octanol–water partition coefficient (Wildman–Crippen LogP) is 9.10. The van der Waals surface area contributed by atoms with Crippen molar-refractivity contribution in [1.82, 2.24) is 0 Å². The Bertz CT molecular complexity index is 2210. The molecule has 0 bridgehead atoms. The van der Waals surface area contributed by atoms with E-state index in [2.05, 4.69) is 0 Å². The van der Waals surface area contributed by atoms with Crippen LogP contribution in [0.25, 0.3) is 65.3 Å². The van der Waals surface area contributed by atoms with Crippen LogP contribution in [0.2, 0.25) is 0 Å². The molecule has 47 heavy (non-hydrogen) atoms. The molecule has 0 saturated heterocycles. The van der Waals surface area contributed by atoms with E-state index >= 15 is 0 Å². The fourth-order valence-electron chi connectivity index (χ4n) is 6.38. The summed E-state index contributed by atoms with van der Waals surface area (Å²) >= 11 is 0. The van der Waals surface area contributed by atoms with Crippen LogP contribution in [0.3, 0.4) is 0 Å². The molecule has 0 atom stereocenters. The van der Waals surface area contributed by atoms with Crippen LogP contribution in [0.15, 0.2) is 146 Å². The van der Waals surface area contributed by atoms with Gasteiger partial charge < -0.3 is 19.7 Å². The first-order valence-corrected chi connectivity index (χ1v) is 15.1. The summed E-state index contributed by atoms with van der Waals surface area (Å²) in [7, 11) is 3.28. The molecule has 8 aromatic carbocycles. The smallest absolute Gasteiger partial charge is 0.872 e. The average Bonchev–Trinajstić information content (AvgIpc) is 3.11. The Hall–Kier alpha value is -4.43. The zero-order valence-electron chi connectivity index (χ0n) is 26.2. The minimum Gasteiger partial charge on any atom is -0.872 e. The van der Waals surface area contributed by atoms with Gasteiger partial charge in [-0.2, -0.15) is 0 Å². The summed E-state index contributed by atoms with van der Waals surface area (Å²) in [6, 6.07) is 47.0. The van der Waals surface area contributed by atoms with Crippen LogP contribution in [0.4, 0.5) is 0 Å². The first-order valence-electron chi connectivity index (χ1n) is 15.1. The summed E-state index contributed by atoms with van der Waals surface area (Å²) < 4.78 is 11.1. The van der Waals surface area contributed by atoms with Crippen molar-refractivity contribution >= 4 is 92.0 Å². The van der Waals surface area contributed by atoms with E-state index in [1.54, 1.807) is 26.4 Å². The zero-order chi connectivity index (χ0) is 31.6. The number of hydrogen-bond acceptors (Lipinski definition) is 4. The topological polar surface area (TPSA) is 64.6 Å². The molecule has 0 unspecified atom stereocenters. The van der Waals surface area contributed by atoms with Crippen LogP contribution in [0, 0.1) is 0 Å². The number of methoxy groups -OCH3 is 2. The molecule has 4 nitrogen and oxygen atoms in total. The summed E-state index contributed by atoms with van der Waals surface area (Å²) in [5, 5.41) is 33.6. The van der Waals surface area contributed by atoms with Crippen LogP contribution in [-0.4, -0.2) is 63.1 Å². The Morgan fingerprint density at radius 2 is 0.617 bits per heavy atom. The molecule has 0 aliphatic heterocycles. The van der Waals surface area contributed by atoms with E-state index in [1.165, 1.54) is 0 Å². The van der Waals surface area contributed by atoms with E-state index in [0.29, 0.717) is 11.1 Å². The van der Waals surface area contributed by atoms with E-state index in [9.17, 15) is 10.2 Å². The summed E-state index contributed by atoms with van der Waals surface area (Å²) in [5.41, 5.74) is 3.15. The van der Waals surface area contributed by atoms with Crippen LogP contribution in [-0.2, 0) is 0 Å². The molecule has 0 radical (unpaired) electrons. The first kappa shape index (κ1) is 32.5. The Morgan fingerprint density at radius 3 is 0.936 bits per heavy atom. The van der Waals surface area contributed by atoms with Gasteiger partial charge in [-0.25, -0.2) is 0 Å². The van der Waals surface area contributed by atoms with Crippen LogP contribution >= 0.6 is 0 Å². The summed E-state index contributed by atoms with van der Waals surface area (Å²) in [6.07, 6.45) is 0. The van der Waals surface area contributed by atoms with Crippen molar-refractivity contribution < 1.29 is 19.7 Å². The summed E-state index contributed by atoms with van der Waals surface area (Å²) in [6.45, 7) is 0. The van der Waals surface area contributed by atoms with Gasteiger partial charge >= 0.3 is 48.9 Å². The third-order valence-electron chi connectivity index (χ3n) is 8.50. The molecular formula is C42H30BaO4. The number of rotatable bonds is 4.